The van der Waals surface area contributed by atoms with Crippen molar-refractivity contribution in [3.63, 3.8) is 0 Å². The van der Waals surface area contributed by atoms with Gasteiger partial charge in [-0.15, -0.1) is 0 Å². The van der Waals surface area contributed by atoms with Crippen molar-refractivity contribution in [1.29, 1.82) is 0 Å². The van der Waals surface area contributed by atoms with Crippen LogP contribution in [0.1, 0.15) is 44.6 Å². The molecule has 0 atom stereocenters. The molecule has 0 unspecified atom stereocenters. The molecule has 1 aromatic heterocycles. The van der Waals surface area contributed by atoms with Gasteiger partial charge in [-0.1, -0.05) is 19.3 Å². The first kappa shape index (κ1) is 15.0. The average Bonchev–Trinajstić information content (AvgIpc) is 2.48. The van der Waals surface area contributed by atoms with Gasteiger partial charge in [-0.2, -0.15) is 0 Å². The molecule has 1 aromatic rings. The molecule has 1 fully saturated rings. The van der Waals surface area contributed by atoms with E-state index in [1.54, 1.807) is 6.33 Å². The monoisotopic (exact) mass is 278 g/mol. The van der Waals surface area contributed by atoms with Gasteiger partial charge < -0.3 is 15.4 Å². The highest BCUT2D eigenvalue weighted by Crippen LogP contribution is 2.20. The van der Waals surface area contributed by atoms with Crippen LogP contribution in [0.15, 0.2) is 6.33 Å². The molecular weight excluding hydrogens is 252 g/mol. The van der Waals surface area contributed by atoms with Crippen molar-refractivity contribution >= 4 is 11.6 Å². The standard InChI is InChI=1S/C15H26N4O/c1-3-16-14-12(2)15(19-11-18-14)17-9-10-20-13-7-5-4-6-8-13/h11,13H,3-10H2,1-2H3,(H2,16,17,18,19). The fraction of sp³-hybridized carbons (Fsp3) is 0.733. The average molecular weight is 278 g/mol. The molecule has 0 radical (unpaired) electrons. The van der Waals surface area contributed by atoms with Crippen molar-refractivity contribution in [3.05, 3.63) is 11.9 Å². The van der Waals surface area contributed by atoms with E-state index in [0.29, 0.717) is 6.10 Å². The SMILES string of the molecule is CCNc1ncnc(NCCOC2CCCCC2)c1C. The minimum absolute atomic E-state index is 0.467. The van der Waals surface area contributed by atoms with Crippen molar-refractivity contribution in [2.75, 3.05) is 30.3 Å². The smallest absolute Gasteiger partial charge is 0.134 e. The summed E-state index contributed by atoms with van der Waals surface area (Å²) in [5.41, 5.74) is 1.06. The van der Waals surface area contributed by atoms with Gasteiger partial charge in [0.25, 0.3) is 0 Å². The Labute approximate surface area is 121 Å². The third-order valence-electron chi connectivity index (χ3n) is 3.73. The van der Waals surface area contributed by atoms with E-state index in [2.05, 4.69) is 27.5 Å². The molecule has 0 aromatic carbocycles. The molecule has 2 N–H and O–H groups in total. The summed E-state index contributed by atoms with van der Waals surface area (Å²) >= 11 is 0. The molecule has 20 heavy (non-hydrogen) atoms. The molecule has 0 saturated heterocycles. The van der Waals surface area contributed by atoms with Crippen LogP contribution in [0.4, 0.5) is 11.6 Å². The maximum Gasteiger partial charge on any atom is 0.134 e. The fourth-order valence-electron chi connectivity index (χ4n) is 2.60. The second kappa shape index (κ2) is 8.04. The number of hydrogen-bond donors (Lipinski definition) is 2. The summed E-state index contributed by atoms with van der Waals surface area (Å²) in [6.07, 6.45) is 8.49. The Kier molecular flexibility index (Phi) is 6.05. The summed E-state index contributed by atoms with van der Waals surface area (Å²) in [4.78, 5) is 8.52. The summed E-state index contributed by atoms with van der Waals surface area (Å²) in [5.74, 6) is 1.79. The molecule has 5 nitrogen and oxygen atoms in total. The van der Waals surface area contributed by atoms with Gasteiger partial charge in [-0.25, -0.2) is 9.97 Å². The molecule has 112 valence electrons. The third kappa shape index (κ3) is 4.34. The van der Waals surface area contributed by atoms with Crippen LogP contribution in [0.5, 0.6) is 0 Å². The number of ether oxygens (including phenoxy) is 1. The third-order valence-corrected chi connectivity index (χ3v) is 3.73. The number of nitrogens with zero attached hydrogens (tertiary/aromatic N) is 2. The van der Waals surface area contributed by atoms with Gasteiger partial charge in [-0.3, -0.25) is 0 Å². The molecule has 5 heteroatoms. The normalized spacial score (nSPS) is 16.1. The highest BCUT2D eigenvalue weighted by Gasteiger charge is 2.13. The Bertz CT molecular complexity index is 405. The molecule has 1 aliphatic rings. The van der Waals surface area contributed by atoms with E-state index < -0.39 is 0 Å². The van der Waals surface area contributed by atoms with Crippen molar-refractivity contribution < 1.29 is 4.74 Å². The summed E-state index contributed by atoms with van der Waals surface area (Å²) in [6, 6.07) is 0. The Morgan fingerprint density at radius 1 is 1.15 bits per heavy atom. The van der Waals surface area contributed by atoms with Crippen LogP contribution in [-0.2, 0) is 4.74 Å². The van der Waals surface area contributed by atoms with Gasteiger partial charge in [0, 0.05) is 18.7 Å². The number of anilines is 2. The van der Waals surface area contributed by atoms with Crippen molar-refractivity contribution in [3.8, 4) is 0 Å². The number of rotatable bonds is 7. The van der Waals surface area contributed by atoms with Crippen LogP contribution in [0, 0.1) is 6.92 Å². The lowest BCUT2D eigenvalue weighted by atomic mass is 9.98. The van der Waals surface area contributed by atoms with Gasteiger partial charge in [0.1, 0.15) is 18.0 Å². The summed E-state index contributed by atoms with van der Waals surface area (Å²) in [6.45, 7) is 6.49. The summed E-state index contributed by atoms with van der Waals surface area (Å²) in [5, 5.41) is 6.57. The van der Waals surface area contributed by atoms with Gasteiger partial charge in [0.15, 0.2) is 0 Å². The van der Waals surface area contributed by atoms with E-state index in [1.807, 2.05) is 6.92 Å². The second-order valence-electron chi connectivity index (χ2n) is 5.28. The van der Waals surface area contributed by atoms with Crippen molar-refractivity contribution in [1.82, 2.24) is 9.97 Å². The summed E-state index contributed by atoms with van der Waals surface area (Å²) < 4.78 is 5.90. The van der Waals surface area contributed by atoms with Gasteiger partial charge in [-0.05, 0) is 26.7 Å². The minimum atomic E-state index is 0.467. The first-order valence-electron chi connectivity index (χ1n) is 7.72. The van der Waals surface area contributed by atoms with Crippen LogP contribution < -0.4 is 10.6 Å². The van der Waals surface area contributed by atoms with Crippen molar-refractivity contribution in [2.24, 2.45) is 0 Å². The predicted octanol–water partition coefficient (Wildman–Crippen LogP) is 2.98. The highest BCUT2D eigenvalue weighted by atomic mass is 16.5. The lowest BCUT2D eigenvalue weighted by Gasteiger charge is -2.22. The second-order valence-corrected chi connectivity index (χ2v) is 5.28. The maximum atomic E-state index is 5.90. The lowest BCUT2D eigenvalue weighted by Crippen LogP contribution is -2.21. The topological polar surface area (TPSA) is 59.1 Å². The fourth-order valence-corrected chi connectivity index (χ4v) is 2.60. The quantitative estimate of drug-likeness (QED) is 0.751. The molecule has 1 saturated carbocycles. The van der Waals surface area contributed by atoms with Crippen LogP contribution in [0.2, 0.25) is 0 Å². The van der Waals surface area contributed by atoms with Gasteiger partial charge in [0.05, 0.1) is 12.7 Å². The van der Waals surface area contributed by atoms with E-state index >= 15 is 0 Å². The number of aromatic nitrogens is 2. The zero-order chi connectivity index (χ0) is 14.2. The minimum Gasteiger partial charge on any atom is -0.376 e. The van der Waals surface area contributed by atoms with E-state index in [-0.39, 0.29) is 0 Å². The van der Waals surface area contributed by atoms with Crippen LogP contribution in [-0.4, -0.2) is 35.8 Å². The molecule has 1 heterocycles. The number of hydrogen-bond acceptors (Lipinski definition) is 5. The van der Waals surface area contributed by atoms with E-state index in [4.69, 9.17) is 4.74 Å². The molecule has 0 amide bonds. The molecule has 0 spiro atoms. The van der Waals surface area contributed by atoms with E-state index in [9.17, 15) is 0 Å². The molecule has 2 rings (SSSR count). The molecule has 1 aliphatic carbocycles. The Balaban J connectivity index is 1.74. The predicted molar refractivity (Wildman–Crippen MR) is 82.2 cm³/mol. The highest BCUT2D eigenvalue weighted by molar-refractivity contribution is 5.56. The number of nitrogens with one attached hydrogen (secondary N) is 2. The molecule has 0 bridgehead atoms. The Morgan fingerprint density at radius 2 is 1.85 bits per heavy atom. The Hall–Kier alpha value is -1.36. The van der Waals surface area contributed by atoms with Crippen molar-refractivity contribution in [2.45, 2.75) is 52.1 Å². The van der Waals surface area contributed by atoms with E-state index in [1.165, 1.54) is 32.1 Å². The largest absolute Gasteiger partial charge is 0.376 e. The summed E-state index contributed by atoms with van der Waals surface area (Å²) in [7, 11) is 0. The Morgan fingerprint density at radius 3 is 2.55 bits per heavy atom. The molecule has 0 aliphatic heterocycles. The van der Waals surface area contributed by atoms with Crippen LogP contribution >= 0.6 is 0 Å². The molecular formula is C15H26N4O. The van der Waals surface area contributed by atoms with Crippen LogP contribution in [0.3, 0.4) is 0 Å². The maximum absolute atomic E-state index is 5.90. The first-order valence-corrected chi connectivity index (χ1v) is 7.72. The zero-order valence-electron chi connectivity index (χ0n) is 12.6. The van der Waals surface area contributed by atoms with Gasteiger partial charge >= 0.3 is 0 Å². The van der Waals surface area contributed by atoms with Gasteiger partial charge in [0.2, 0.25) is 0 Å². The van der Waals surface area contributed by atoms with E-state index in [0.717, 1.165) is 36.9 Å². The zero-order valence-corrected chi connectivity index (χ0v) is 12.6. The van der Waals surface area contributed by atoms with Crippen LogP contribution in [0.25, 0.3) is 0 Å². The lowest BCUT2D eigenvalue weighted by molar-refractivity contribution is 0.0347. The first-order chi connectivity index (χ1) is 9.81.